The first kappa shape index (κ1) is 12.3. The number of carboxylic acid groups (broad SMARTS) is 1. The first-order valence-corrected chi connectivity index (χ1v) is 4.14. The number of hydrogen-bond donors (Lipinski definition) is 2. The minimum atomic E-state index is -0.947. The molecule has 0 aliphatic carbocycles. The molecule has 0 fully saturated rings. The van der Waals surface area contributed by atoms with Crippen LogP contribution in [-0.4, -0.2) is 41.6 Å². The van der Waals surface area contributed by atoms with Crippen LogP contribution in [0.2, 0.25) is 0 Å². The molecular formula is C9H14N2O3. The molecule has 2 amide bonds. The molecule has 1 atom stereocenters. The van der Waals surface area contributed by atoms with Crippen molar-refractivity contribution in [1.29, 1.82) is 0 Å². The molecule has 0 saturated heterocycles. The smallest absolute Gasteiger partial charge is 0.318 e. The molecule has 0 aromatic rings. The van der Waals surface area contributed by atoms with Crippen molar-refractivity contribution in [2.45, 2.75) is 19.4 Å². The maximum absolute atomic E-state index is 11.3. The molecule has 0 radical (unpaired) electrons. The van der Waals surface area contributed by atoms with Crippen molar-refractivity contribution >= 4 is 12.0 Å². The first-order chi connectivity index (χ1) is 6.47. The molecule has 0 aromatic carbocycles. The molecule has 0 heterocycles. The number of nitrogens with one attached hydrogen (secondary N) is 1. The van der Waals surface area contributed by atoms with E-state index in [1.54, 1.807) is 14.0 Å². The fraction of sp³-hybridized carbons (Fsp3) is 0.556. The topological polar surface area (TPSA) is 69.6 Å². The van der Waals surface area contributed by atoms with Crippen molar-refractivity contribution in [3.8, 4) is 12.3 Å². The average molecular weight is 198 g/mol. The number of aliphatic carboxylic acids is 1. The van der Waals surface area contributed by atoms with Crippen molar-refractivity contribution in [1.82, 2.24) is 10.2 Å². The Balaban J connectivity index is 3.94. The average Bonchev–Trinajstić information content (AvgIpc) is 2.02. The fourth-order valence-electron chi connectivity index (χ4n) is 0.843. The zero-order valence-electron chi connectivity index (χ0n) is 8.28. The van der Waals surface area contributed by atoms with Gasteiger partial charge in [-0.1, -0.05) is 5.92 Å². The standard InChI is InChI=1S/C9H14N2O3/c1-4-5-11(3)9(14)10-7(2)6-8(12)13/h1,7H,5-6H2,2-3H3,(H,10,14)(H,12,13). The quantitative estimate of drug-likeness (QED) is 0.630. The zero-order valence-corrected chi connectivity index (χ0v) is 8.28. The fourth-order valence-corrected chi connectivity index (χ4v) is 0.843. The van der Waals surface area contributed by atoms with E-state index in [1.807, 2.05) is 0 Å². The summed E-state index contributed by atoms with van der Waals surface area (Å²) in [4.78, 5) is 22.8. The number of nitrogens with zero attached hydrogens (tertiary/aromatic N) is 1. The highest BCUT2D eigenvalue weighted by molar-refractivity contribution is 5.75. The molecular weight excluding hydrogens is 184 g/mol. The number of hydrogen-bond acceptors (Lipinski definition) is 2. The SMILES string of the molecule is C#CCN(C)C(=O)NC(C)CC(=O)O. The predicted octanol–water partition coefficient (Wildman–Crippen LogP) is 0.124. The Morgan fingerprint density at radius 2 is 2.21 bits per heavy atom. The van der Waals surface area contributed by atoms with E-state index in [0.717, 1.165) is 0 Å². The number of terminal acetylenes is 1. The highest BCUT2D eigenvalue weighted by Crippen LogP contribution is 1.92. The Labute approximate surface area is 83.1 Å². The second-order valence-corrected chi connectivity index (χ2v) is 3.01. The van der Waals surface area contributed by atoms with Crippen molar-refractivity contribution in [3.05, 3.63) is 0 Å². The summed E-state index contributed by atoms with van der Waals surface area (Å²) in [6, 6.07) is -0.767. The number of rotatable bonds is 4. The van der Waals surface area contributed by atoms with Crippen LogP contribution in [0.25, 0.3) is 0 Å². The lowest BCUT2D eigenvalue weighted by molar-refractivity contribution is -0.137. The van der Waals surface area contributed by atoms with Crippen molar-refractivity contribution < 1.29 is 14.7 Å². The van der Waals surface area contributed by atoms with Crippen LogP contribution in [0.4, 0.5) is 4.79 Å². The van der Waals surface area contributed by atoms with E-state index in [1.165, 1.54) is 4.90 Å². The third-order valence-electron chi connectivity index (χ3n) is 1.53. The Hall–Kier alpha value is -1.70. The summed E-state index contributed by atoms with van der Waals surface area (Å²) in [6.07, 6.45) is 4.91. The molecule has 0 saturated carbocycles. The van der Waals surface area contributed by atoms with Gasteiger partial charge in [-0.3, -0.25) is 4.79 Å². The molecule has 78 valence electrons. The van der Waals surface area contributed by atoms with Gasteiger partial charge in [0.15, 0.2) is 0 Å². The second-order valence-electron chi connectivity index (χ2n) is 3.01. The van der Waals surface area contributed by atoms with Crippen LogP contribution in [0.3, 0.4) is 0 Å². The van der Waals surface area contributed by atoms with E-state index in [0.29, 0.717) is 0 Å². The van der Waals surface area contributed by atoms with E-state index in [4.69, 9.17) is 11.5 Å². The van der Waals surface area contributed by atoms with Crippen LogP contribution >= 0.6 is 0 Å². The molecule has 0 aliphatic rings. The lowest BCUT2D eigenvalue weighted by atomic mass is 10.2. The largest absolute Gasteiger partial charge is 0.481 e. The van der Waals surface area contributed by atoms with Gasteiger partial charge >= 0.3 is 12.0 Å². The molecule has 0 aliphatic heterocycles. The number of carboxylic acids is 1. The van der Waals surface area contributed by atoms with Crippen molar-refractivity contribution in [2.75, 3.05) is 13.6 Å². The summed E-state index contributed by atoms with van der Waals surface area (Å²) >= 11 is 0. The van der Waals surface area contributed by atoms with Gasteiger partial charge in [-0.25, -0.2) is 4.79 Å². The summed E-state index contributed by atoms with van der Waals surface area (Å²) in [5, 5.41) is 10.9. The minimum Gasteiger partial charge on any atom is -0.481 e. The van der Waals surface area contributed by atoms with Crippen LogP contribution in [0.1, 0.15) is 13.3 Å². The number of urea groups is 1. The summed E-state index contributed by atoms with van der Waals surface area (Å²) in [5.74, 6) is 1.36. The molecule has 0 bridgehead atoms. The first-order valence-electron chi connectivity index (χ1n) is 4.14. The van der Waals surface area contributed by atoms with Gasteiger partial charge in [-0.05, 0) is 6.92 Å². The Morgan fingerprint density at radius 3 is 2.64 bits per heavy atom. The summed E-state index contributed by atoms with van der Waals surface area (Å²) in [7, 11) is 1.54. The molecule has 1 unspecified atom stereocenters. The Kier molecular flexibility index (Phi) is 5.15. The van der Waals surface area contributed by atoms with Crippen molar-refractivity contribution in [3.63, 3.8) is 0 Å². The molecule has 0 rings (SSSR count). The van der Waals surface area contributed by atoms with Crippen LogP contribution in [0.15, 0.2) is 0 Å². The van der Waals surface area contributed by atoms with Crippen LogP contribution in [0, 0.1) is 12.3 Å². The third-order valence-corrected chi connectivity index (χ3v) is 1.53. The minimum absolute atomic E-state index is 0.102. The van der Waals surface area contributed by atoms with Gasteiger partial charge in [0, 0.05) is 13.1 Å². The normalized spacial score (nSPS) is 11.2. The molecule has 5 nitrogen and oxygen atoms in total. The van der Waals surface area contributed by atoms with Crippen LogP contribution in [-0.2, 0) is 4.79 Å². The summed E-state index contributed by atoms with van der Waals surface area (Å²) in [5.41, 5.74) is 0. The Bertz CT molecular complexity index is 257. The van der Waals surface area contributed by atoms with Gasteiger partial charge < -0.3 is 15.3 Å². The summed E-state index contributed by atoms with van der Waals surface area (Å²) in [6.45, 7) is 1.82. The Morgan fingerprint density at radius 1 is 1.64 bits per heavy atom. The number of carbonyl (C=O) groups is 2. The van der Waals surface area contributed by atoms with E-state index in [2.05, 4.69) is 11.2 Å². The lowest BCUT2D eigenvalue weighted by Crippen LogP contribution is -2.42. The number of carbonyl (C=O) groups excluding carboxylic acids is 1. The predicted molar refractivity (Wildman–Crippen MR) is 51.7 cm³/mol. The van der Waals surface area contributed by atoms with Gasteiger partial charge in [-0.2, -0.15) is 0 Å². The molecule has 0 aromatic heterocycles. The van der Waals surface area contributed by atoms with E-state index in [-0.39, 0.29) is 19.0 Å². The van der Waals surface area contributed by atoms with Crippen LogP contribution in [0.5, 0.6) is 0 Å². The van der Waals surface area contributed by atoms with E-state index < -0.39 is 12.0 Å². The van der Waals surface area contributed by atoms with Gasteiger partial charge in [0.05, 0.1) is 13.0 Å². The highest BCUT2D eigenvalue weighted by Gasteiger charge is 2.13. The van der Waals surface area contributed by atoms with Gasteiger partial charge in [0.2, 0.25) is 0 Å². The van der Waals surface area contributed by atoms with E-state index >= 15 is 0 Å². The number of amides is 2. The third kappa shape index (κ3) is 5.04. The lowest BCUT2D eigenvalue weighted by Gasteiger charge is -2.18. The summed E-state index contributed by atoms with van der Waals surface area (Å²) < 4.78 is 0. The second kappa shape index (κ2) is 5.86. The molecule has 5 heteroatoms. The zero-order chi connectivity index (χ0) is 11.1. The highest BCUT2D eigenvalue weighted by atomic mass is 16.4. The van der Waals surface area contributed by atoms with Gasteiger partial charge in [0.1, 0.15) is 0 Å². The van der Waals surface area contributed by atoms with Gasteiger partial charge in [0.25, 0.3) is 0 Å². The van der Waals surface area contributed by atoms with E-state index in [9.17, 15) is 9.59 Å². The van der Waals surface area contributed by atoms with Crippen LogP contribution < -0.4 is 5.32 Å². The monoisotopic (exact) mass is 198 g/mol. The maximum Gasteiger partial charge on any atom is 0.318 e. The maximum atomic E-state index is 11.3. The van der Waals surface area contributed by atoms with Crippen molar-refractivity contribution in [2.24, 2.45) is 0 Å². The molecule has 0 spiro atoms. The molecule has 2 N–H and O–H groups in total. The van der Waals surface area contributed by atoms with Gasteiger partial charge in [-0.15, -0.1) is 6.42 Å². The molecule has 14 heavy (non-hydrogen) atoms.